The van der Waals surface area contributed by atoms with Crippen molar-refractivity contribution in [3.63, 3.8) is 0 Å². The number of ether oxygens (including phenoxy) is 6. The Morgan fingerprint density at radius 3 is 2.07 bits per heavy atom. The van der Waals surface area contributed by atoms with Gasteiger partial charge in [0.05, 0.1) is 6.61 Å². The molecule has 0 unspecified atom stereocenters. The summed E-state index contributed by atoms with van der Waals surface area (Å²) in [4.78, 5) is 0. The molecule has 0 amide bonds. The summed E-state index contributed by atoms with van der Waals surface area (Å²) < 4.78 is 33.8. The fourth-order valence-corrected chi connectivity index (χ4v) is 4.21. The zero-order valence-corrected chi connectivity index (χ0v) is 15.9. The van der Waals surface area contributed by atoms with E-state index >= 15 is 0 Å². The highest BCUT2D eigenvalue weighted by Gasteiger charge is 2.38. The van der Waals surface area contributed by atoms with Crippen molar-refractivity contribution in [3.05, 3.63) is 47.5 Å². The van der Waals surface area contributed by atoms with Gasteiger partial charge in [0.25, 0.3) is 0 Å². The lowest BCUT2D eigenvalue weighted by Crippen LogP contribution is -2.26. The molecule has 0 aliphatic carbocycles. The molecule has 3 aliphatic rings. The molecule has 1 saturated heterocycles. The van der Waals surface area contributed by atoms with E-state index in [2.05, 4.69) is 24.3 Å². The average Bonchev–Trinajstić information content (AvgIpc) is 3.43. The van der Waals surface area contributed by atoms with Gasteiger partial charge >= 0.3 is 0 Å². The molecule has 3 aliphatic heterocycles. The largest absolute Gasteiger partial charge is 0.454 e. The lowest BCUT2D eigenvalue weighted by atomic mass is 9.84. The molecule has 0 radical (unpaired) electrons. The van der Waals surface area contributed by atoms with E-state index in [1.54, 1.807) is 0 Å². The van der Waals surface area contributed by atoms with Crippen LogP contribution in [0.1, 0.15) is 18.1 Å². The topological polar surface area (TPSA) is 55.4 Å². The normalized spacial score (nSPS) is 24.7. The molecule has 2 aromatic rings. The summed E-state index contributed by atoms with van der Waals surface area (Å²) in [7, 11) is 0. The second-order valence-corrected chi connectivity index (χ2v) is 7.36. The average molecular weight is 384 g/mol. The van der Waals surface area contributed by atoms with Crippen LogP contribution in [0.25, 0.3) is 0 Å². The molecule has 148 valence electrons. The van der Waals surface area contributed by atoms with Crippen molar-refractivity contribution in [2.45, 2.75) is 26.1 Å². The van der Waals surface area contributed by atoms with E-state index in [0.717, 1.165) is 35.8 Å². The molecule has 5 rings (SSSR count). The van der Waals surface area contributed by atoms with Gasteiger partial charge in [0.15, 0.2) is 29.3 Å². The van der Waals surface area contributed by atoms with Crippen LogP contribution in [-0.2, 0) is 22.3 Å². The Balaban J connectivity index is 1.34. The Labute approximate surface area is 164 Å². The number of hydrogen-bond donors (Lipinski definition) is 0. The summed E-state index contributed by atoms with van der Waals surface area (Å²) in [5.41, 5.74) is 2.44. The first-order valence-electron chi connectivity index (χ1n) is 9.80. The third kappa shape index (κ3) is 3.38. The molecule has 0 N–H and O–H groups in total. The number of fused-ring (bicyclic) bond motifs is 2. The molecule has 1 fully saturated rings. The van der Waals surface area contributed by atoms with Crippen molar-refractivity contribution in [2.24, 2.45) is 11.8 Å². The smallest absolute Gasteiger partial charge is 0.231 e. The van der Waals surface area contributed by atoms with Crippen LogP contribution in [0.3, 0.4) is 0 Å². The Hall–Kier alpha value is -2.44. The van der Waals surface area contributed by atoms with Gasteiger partial charge in [-0.15, -0.1) is 0 Å². The van der Waals surface area contributed by atoms with Gasteiger partial charge in [-0.25, -0.2) is 0 Å². The Kier molecular flexibility index (Phi) is 4.74. The molecule has 0 saturated carbocycles. The van der Waals surface area contributed by atoms with Crippen molar-refractivity contribution >= 4 is 0 Å². The molecule has 0 bridgehead atoms. The maximum absolute atomic E-state index is 6.01. The third-order valence-corrected chi connectivity index (χ3v) is 5.60. The molecule has 0 spiro atoms. The zero-order chi connectivity index (χ0) is 18.9. The van der Waals surface area contributed by atoms with Crippen LogP contribution in [-0.4, -0.2) is 33.1 Å². The molecular formula is C22H24O6. The fourth-order valence-electron chi connectivity index (χ4n) is 4.21. The maximum atomic E-state index is 6.01. The summed E-state index contributed by atoms with van der Waals surface area (Å²) in [6, 6.07) is 12.3. The standard InChI is InChI=1S/C22H24O6/c1-2-23-22-17(8-15-4-6-19-21(10-15)28-13-26-19)16(11-24-22)7-14-3-5-18-20(9-14)27-12-25-18/h3-6,9-10,16-17,22H,2,7-8,11-13H2,1H3/t16-,17+,22-/m0/s1. The van der Waals surface area contributed by atoms with Crippen LogP contribution in [0, 0.1) is 11.8 Å². The first-order valence-corrected chi connectivity index (χ1v) is 9.80. The monoisotopic (exact) mass is 384 g/mol. The SMILES string of the molecule is CCO[C@H]1OC[C@H](Cc2ccc3c(c2)OCO3)[C@H]1Cc1ccc2c(c1)OCO2. The van der Waals surface area contributed by atoms with E-state index in [1.165, 1.54) is 11.1 Å². The van der Waals surface area contributed by atoms with Gasteiger partial charge in [-0.3, -0.25) is 0 Å². The van der Waals surface area contributed by atoms with E-state index < -0.39 is 0 Å². The Morgan fingerprint density at radius 1 is 0.821 bits per heavy atom. The van der Waals surface area contributed by atoms with Crippen molar-refractivity contribution < 1.29 is 28.4 Å². The van der Waals surface area contributed by atoms with E-state index in [4.69, 9.17) is 28.4 Å². The second-order valence-electron chi connectivity index (χ2n) is 7.36. The number of hydrogen-bond acceptors (Lipinski definition) is 6. The van der Waals surface area contributed by atoms with Crippen molar-refractivity contribution in [3.8, 4) is 23.0 Å². The predicted octanol–water partition coefficient (Wildman–Crippen LogP) is 3.55. The first-order chi connectivity index (χ1) is 13.8. The molecule has 6 heteroatoms. The van der Waals surface area contributed by atoms with Gasteiger partial charge in [0, 0.05) is 12.5 Å². The lowest BCUT2D eigenvalue weighted by Gasteiger charge is -2.23. The number of rotatable bonds is 6. The highest BCUT2D eigenvalue weighted by molar-refractivity contribution is 5.45. The van der Waals surface area contributed by atoms with Crippen LogP contribution in [0.2, 0.25) is 0 Å². The van der Waals surface area contributed by atoms with Gasteiger partial charge in [-0.05, 0) is 61.1 Å². The number of benzene rings is 2. The van der Waals surface area contributed by atoms with Crippen molar-refractivity contribution in [1.29, 1.82) is 0 Å². The Morgan fingerprint density at radius 2 is 1.43 bits per heavy atom. The summed E-state index contributed by atoms with van der Waals surface area (Å²) in [5.74, 6) is 3.90. The summed E-state index contributed by atoms with van der Waals surface area (Å²) in [6.07, 6.45) is 1.60. The molecular weight excluding hydrogens is 360 g/mol. The van der Waals surface area contributed by atoms with E-state index in [0.29, 0.717) is 32.7 Å². The van der Waals surface area contributed by atoms with Gasteiger partial charge in [0.2, 0.25) is 13.6 Å². The Bertz CT molecular complexity index is 851. The predicted molar refractivity (Wildman–Crippen MR) is 101 cm³/mol. The first kappa shape index (κ1) is 17.6. The van der Waals surface area contributed by atoms with Gasteiger partial charge < -0.3 is 28.4 Å². The molecule has 28 heavy (non-hydrogen) atoms. The minimum absolute atomic E-state index is 0.186. The lowest BCUT2D eigenvalue weighted by molar-refractivity contribution is -0.127. The molecule has 3 heterocycles. The second kappa shape index (κ2) is 7.53. The molecule has 0 aromatic heterocycles. The zero-order valence-electron chi connectivity index (χ0n) is 15.9. The highest BCUT2D eigenvalue weighted by atomic mass is 16.7. The van der Waals surface area contributed by atoms with Crippen LogP contribution >= 0.6 is 0 Å². The minimum atomic E-state index is -0.186. The molecule has 3 atom stereocenters. The minimum Gasteiger partial charge on any atom is -0.454 e. The summed E-state index contributed by atoms with van der Waals surface area (Å²) in [6.45, 7) is 3.92. The van der Waals surface area contributed by atoms with Crippen molar-refractivity contribution in [2.75, 3.05) is 26.8 Å². The van der Waals surface area contributed by atoms with Crippen LogP contribution in [0.4, 0.5) is 0 Å². The third-order valence-electron chi connectivity index (χ3n) is 5.60. The van der Waals surface area contributed by atoms with Crippen LogP contribution < -0.4 is 18.9 Å². The van der Waals surface area contributed by atoms with E-state index in [-0.39, 0.29) is 12.2 Å². The van der Waals surface area contributed by atoms with Crippen LogP contribution in [0.5, 0.6) is 23.0 Å². The quantitative estimate of drug-likeness (QED) is 0.759. The fraction of sp³-hybridized carbons (Fsp3) is 0.455. The molecule has 2 aromatic carbocycles. The van der Waals surface area contributed by atoms with Gasteiger partial charge in [-0.1, -0.05) is 12.1 Å². The van der Waals surface area contributed by atoms with E-state index in [9.17, 15) is 0 Å². The van der Waals surface area contributed by atoms with Crippen molar-refractivity contribution in [1.82, 2.24) is 0 Å². The summed E-state index contributed by atoms with van der Waals surface area (Å²) in [5, 5.41) is 0. The van der Waals surface area contributed by atoms with E-state index in [1.807, 2.05) is 19.1 Å². The van der Waals surface area contributed by atoms with Crippen LogP contribution in [0.15, 0.2) is 36.4 Å². The maximum Gasteiger partial charge on any atom is 0.231 e. The van der Waals surface area contributed by atoms with Gasteiger partial charge in [-0.2, -0.15) is 0 Å². The highest BCUT2D eigenvalue weighted by Crippen LogP contribution is 2.39. The molecule has 6 nitrogen and oxygen atoms in total. The summed E-state index contributed by atoms with van der Waals surface area (Å²) >= 11 is 0. The van der Waals surface area contributed by atoms with Gasteiger partial charge in [0.1, 0.15) is 0 Å².